The highest BCUT2D eigenvalue weighted by atomic mass is 15.1. The molecular formula is C18H31N. The molecule has 1 heteroatoms. The van der Waals surface area contributed by atoms with Crippen LogP contribution in [0.2, 0.25) is 0 Å². The average molecular weight is 261 g/mol. The summed E-state index contributed by atoms with van der Waals surface area (Å²) in [7, 11) is 0. The molecule has 1 aromatic rings. The van der Waals surface area contributed by atoms with Crippen LogP contribution in [-0.2, 0) is 6.42 Å². The fourth-order valence-electron chi connectivity index (χ4n) is 2.58. The molecule has 0 unspecified atom stereocenters. The van der Waals surface area contributed by atoms with Gasteiger partial charge in [-0.15, -0.1) is 0 Å². The molecule has 0 saturated heterocycles. The molecular weight excluding hydrogens is 230 g/mol. The lowest BCUT2D eigenvalue weighted by molar-refractivity contribution is 0.549. The Balaban J connectivity index is 2.99. The van der Waals surface area contributed by atoms with E-state index in [-0.39, 0.29) is 0 Å². The van der Waals surface area contributed by atoms with Gasteiger partial charge in [0.2, 0.25) is 0 Å². The van der Waals surface area contributed by atoms with Crippen molar-refractivity contribution in [1.82, 2.24) is 0 Å². The molecule has 0 heterocycles. The summed E-state index contributed by atoms with van der Waals surface area (Å²) in [6.45, 7) is 16.1. The van der Waals surface area contributed by atoms with Crippen LogP contribution in [0.15, 0.2) is 24.3 Å². The van der Waals surface area contributed by atoms with E-state index in [1.165, 1.54) is 17.7 Å². The summed E-state index contributed by atoms with van der Waals surface area (Å²) in [4.78, 5) is 2.58. The largest absolute Gasteiger partial charge is 0.371 e. The predicted octanol–water partition coefficient (Wildman–Crippen LogP) is 5.00. The second kappa shape index (κ2) is 7.57. The smallest absolute Gasteiger partial charge is 0.0399 e. The van der Waals surface area contributed by atoms with Gasteiger partial charge in [-0.2, -0.15) is 0 Å². The van der Waals surface area contributed by atoms with Crippen LogP contribution in [0.1, 0.15) is 47.1 Å². The lowest BCUT2D eigenvalue weighted by atomic mass is 9.99. The molecule has 108 valence electrons. The third kappa shape index (κ3) is 5.67. The number of benzene rings is 1. The maximum absolute atomic E-state index is 2.58. The van der Waals surface area contributed by atoms with Gasteiger partial charge in [-0.05, 0) is 35.8 Å². The Kier molecular flexibility index (Phi) is 6.41. The molecule has 0 N–H and O–H groups in total. The maximum atomic E-state index is 2.58. The zero-order chi connectivity index (χ0) is 14.4. The van der Waals surface area contributed by atoms with E-state index in [1.54, 1.807) is 0 Å². The Hall–Kier alpha value is -0.980. The Morgan fingerprint density at radius 3 is 1.79 bits per heavy atom. The van der Waals surface area contributed by atoms with Gasteiger partial charge in [-0.25, -0.2) is 0 Å². The van der Waals surface area contributed by atoms with Crippen LogP contribution in [-0.4, -0.2) is 13.1 Å². The van der Waals surface area contributed by atoms with Crippen LogP contribution >= 0.6 is 0 Å². The Morgan fingerprint density at radius 2 is 1.32 bits per heavy atom. The Morgan fingerprint density at radius 1 is 0.789 bits per heavy atom. The van der Waals surface area contributed by atoms with Crippen molar-refractivity contribution in [2.75, 3.05) is 18.0 Å². The van der Waals surface area contributed by atoms with Crippen molar-refractivity contribution in [3.63, 3.8) is 0 Å². The highest BCUT2D eigenvalue weighted by Gasteiger charge is 2.14. The van der Waals surface area contributed by atoms with Crippen LogP contribution in [0.4, 0.5) is 5.69 Å². The molecule has 0 aliphatic carbocycles. The molecule has 0 aromatic heterocycles. The summed E-state index contributed by atoms with van der Waals surface area (Å²) in [5.74, 6) is 2.11. The summed E-state index contributed by atoms with van der Waals surface area (Å²) >= 11 is 0. The maximum Gasteiger partial charge on any atom is 0.0399 e. The minimum Gasteiger partial charge on any atom is -0.371 e. The van der Waals surface area contributed by atoms with Crippen LogP contribution < -0.4 is 4.90 Å². The van der Waals surface area contributed by atoms with Crippen LogP contribution in [0.5, 0.6) is 0 Å². The van der Waals surface area contributed by atoms with E-state index in [2.05, 4.69) is 70.7 Å². The zero-order valence-corrected chi connectivity index (χ0v) is 13.6. The lowest BCUT2D eigenvalue weighted by Gasteiger charge is -2.30. The van der Waals surface area contributed by atoms with Gasteiger partial charge in [0.05, 0.1) is 0 Å². The van der Waals surface area contributed by atoms with E-state index in [4.69, 9.17) is 0 Å². The zero-order valence-electron chi connectivity index (χ0n) is 13.6. The van der Waals surface area contributed by atoms with Gasteiger partial charge in [0.25, 0.3) is 0 Å². The van der Waals surface area contributed by atoms with E-state index in [1.807, 2.05) is 0 Å². The molecule has 0 radical (unpaired) electrons. The molecule has 1 aromatic carbocycles. The van der Waals surface area contributed by atoms with Crippen molar-refractivity contribution < 1.29 is 0 Å². The lowest BCUT2D eigenvalue weighted by Crippen LogP contribution is -2.32. The number of anilines is 1. The predicted molar refractivity (Wildman–Crippen MR) is 86.9 cm³/mol. The quantitative estimate of drug-likeness (QED) is 0.667. The molecule has 0 atom stereocenters. The Labute approximate surface area is 120 Å². The highest BCUT2D eigenvalue weighted by Crippen LogP contribution is 2.25. The first-order valence-electron chi connectivity index (χ1n) is 7.73. The van der Waals surface area contributed by atoms with E-state index >= 15 is 0 Å². The SMILES string of the molecule is CC(C)Cc1ccccc1N(CC(C)C)CC(C)C. The first kappa shape index (κ1) is 16.1. The average Bonchev–Trinajstić information content (AvgIpc) is 2.26. The minimum atomic E-state index is 0.700. The van der Waals surface area contributed by atoms with E-state index in [0.717, 1.165) is 13.1 Å². The Bertz CT molecular complexity index is 356. The van der Waals surface area contributed by atoms with Crippen LogP contribution in [0.3, 0.4) is 0 Å². The molecule has 0 fully saturated rings. The number of nitrogens with zero attached hydrogens (tertiary/aromatic N) is 1. The van der Waals surface area contributed by atoms with E-state index < -0.39 is 0 Å². The monoisotopic (exact) mass is 261 g/mol. The van der Waals surface area contributed by atoms with E-state index in [0.29, 0.717) is 17.8 Å². The number of hydrogen-bond donors (Lipinski definition) is 0. The van der Waals surface area contributed by atoms with Crippen molar-refractivity contribution >= 4 is 5.69 Å². The first-order valence-corrected chi connectivity index (χ1v) is 7.73. The first-order chi connectivity index (χ1) is 8.90. The van der Waals surface area contributed by atoms with Gasteiger partial charge < -0.3 is 4.90 Å². The topological polar surface area (TPSA) is 3.24 Å². The molecule has 0 spiro atoms. The molecule has 19 heavy (non-hydrogen) atoms. The third-order valence-corrected chi connectivity index (χ3v) is 3.13. The fourth-order valence-corrected chi connectivity index (χ4v) is 2.58. The minimum absolute atomic E-state index is 0.700. The summed E-state index contributed by atoms with van der Waals surface area (Å²) in [5, 5.41) is 0. The van der Waals surface area contributed by atoms with E-state index in [9.17, 15) is 0 Å². The van der Waals surface area contributed by atoms with Gasteiger partial charge in [0.15, 0.2) is 0 Å². The van der Waals surface area contributed by atoms with Gasteiger partial charge in [0, 0.05) is 18.8 Å². The van der Waals surface area contributed by atoms with Crippen molar-refractivity contribution in [3.8, 4) is 0 Å². The third-order valence-electron chi connectivity index (χ3n) is 3.13. The van der Waals surface area contributed by atoms with Crippen LogP contribution in [0, 0.1) is 17.8 Å². The van der Waals surface area contributed by atoms with Gasteiger partial charge >= 0.3 is 0 Å². The molecule has 0 saturated carbocycles. The molecule has 0 bridgehead atoms. The molecule has 1 nitrogen and oxygen atoms in total. The molecule has 0 aliphatic rings. The second-order valence-electron chi connectivity index (χ2n) is 6.92. The molecule has 0 aliphatic heterocycles. The summed E-state index contributed by atoms with van der Waals surface area (Å²) < 4.78 is 0. The van der Waals surface area contributed by atoms with Crippen LogP contribution in [0.25, 0.3) is 0 Å². The normalized spacial score (nSPS) is 11.6. The number of para-hydroxylation sites is 1. The fraction of sp³-hybridized carbons (Fsp3) is 0.667. The highest BCUT2D eigenvalue weighted by molar-refractivity contribution is 5.54. The standard InChI is InChI=1S/C18H31N/c1-14(2)11-17-9-7-8-10-18(17)19(12-15(3)4)13-16(5)6/h7-10,14-16H,11-13H2,1-6H3. The summed E-state index contributed by atoms with van der Waals surface area (Å²) in [5.41, 5.74) is 2.94. The van der Waals surface area contributed by atoms with Crippen molar-refractivity contribution in [2.24, 2.45) is 17.8 Å². The molecule has 1 rings (SSSR count). The second-order valence-corrected chi connectivity index (χ2v) is 6.92. The number of rotatable bonds is 7. The molecule has 0 amide bonds. The van der Waals surface area contributed by atoms with Gasteiger partial charge in [0.1, 0.15) is 0 Å². The summed E-state index contributed by atoms with van der Waals surface area (Å²) in [6.07, 6.45) is 1.17. The van der Waals surface area contributed by atoms with Crippen molar-refractivity contribution in [3.05, 3.63) is 29.8 Å². The number of hydrogen-bond acceptors (Lipinski definition) is 1. The van der Waals surface area contributed by atoms with Gasteiger partial charge in [-0.1, -0.05) is 59.7 Å². The van der Waals surface area contributed by atoms with Crippen molar-refractivity contribution in [1.29, 1.82) is 0 Å². The summed E-state index contributed by atoms with van der Waals surface area (Å²) in [6, 6.07) is 8.93. The van der Waals surface area contributed by atoms with Crippen molar-refractivity contribution in [2.45, 2.75) is 48.0 Å². The van der Waals surface area contributed by atoms with Gasteiger partial charge in [-0.3, -0.25) is 0 Å².